The zero-order valence-corrected chi connectivity index (χ0v) is 12.5. The number of benzene rings is 1. The van der Waals surface area contributed by atoms with E-state index in [1.54, 1.807) is 11.9 Å². The summed E-state index contributed by atoms with van der Waals surface area (Å²) in [4.78, 5) is 18.4. The van der Waals surface area contributed by atoms with E-state index in [1.807, 2.05) is 18.2 Å². The van der Waals surface area contributed by atoms with Crippen LogP contribution in [0.25, 0.3) is 0 Å². The van der Waals surface area contributed by atoms with Gasteiger partial charge < -0.3 is 14.1 Å². The maximum Gasteiger partial charge on any atom is 0.275 e. The van der Waals surface area contributed by atoms with Gasteiger partial charge in [0.2, 0.25) is 0 Å². The van der Waals surface area contributed by atoms with Gasteiger partial charge in [0.1, 0.15) is 17.6 Å². The molecule has 0 radical (unpaired) electrons. The Kier molecular flexibility index (Phi) is 3.13. The van der Waals surface area contributed by atoms with Crippen LogP contribution in [0.2, 0.25) is 0 Å². The van der Waals surface area contributed by atoms with Gasteiger partial charge in [0, 0.05) is 19.4 Å². The minimum Gasteiger partial charge on any atom is -0.488 e. The number of ether oxygens (including phenoxy) is 1. The third kappa shape index (κ3) is 2.36. The standard InChI is InChI=1S/C17H18N2O3/c1-19(9-13-8-12-4-2-3-5-14(12)22-13)17(20)15-16(11-6-7-11)21-10-18-15/h2-5,10-11,13H,6-9H2,1H3/t13-/m0/s1. The highest BCUT2D eigenvalue weighted by Gasteiger charge is 2.34. The van der Waals surface area contributed by atoms with E-state index < -0.39 is 0 Å². The van der Waals surface area contributed by atoms with Crippen LogP contribution in [0.3, 0.4) is 0 Å². The molecule has 114 valence electrons. The Balaban J connectivity index is 1.43. The number of carbonyl (C=O) groups is 1. The average Bonchev–Trinajstić information content (AvgIpc) is 3.11. The average molecular weight is 298 g/mol. The molecule has 1 saturated carbocycles. The molecule has 0 saturated heterocycles. The van der Waals surface area contributed by atoms with Crippen LogP contribution < -0.4 is 4.74 Å². The largest absolute Gasteiger partial charge is 0.488 e. The molecule has 1 atom stereocenters. The molecule has 0 unspecified atom stereocenters. The van der Waals surface area contributed by atoms with Crippen LogP contribution in [-0.4, -0.2) is 35.5 Å². The van der Waals surface area contributed by atoms with Crippen LogP contribution in [0.5, 0.6) is 5.75 Å². The van der Waals surface area contributed by atoms with Gasteiger partial charge in [-0.1, -0.05) is 18.2 Å². The molecule has 1 aliphatic heterocycles. The van der Waals surface area contributed by atoms with Gasteiger partial charge in [-0.25, -0.2) is 4.98 Å². The molecule has 0 spiro atoms. The zero-order valence-electron chi connectivity index (χ0n) is 12.5. The Labute approximate surface area is 128 Å². The van der Waals surface area contributed by atoms with Crippen molar-refractivity contribution < 1.29 is 13.9 Å². The minimum absolute atomic E-state index is 0.00243. The van der Waals surface area contributed by atoms with Gasteiger partial charge in [0.25, 0.3) is 5.91 Å². The van der Waals surface area contributed by atoms with E-state index in [0.29, 0.717) is 18.2 Å². The second-order valence-corrected chi connectivity index (χ2v) is 6.08. The van der Waals surface area contributed by atoms with E-state index in [-0.39, 0.29) is 12.0 Å². The van der Waals surface area contributed by atoms with Crippen molar-refractivity contribution in [2.24, 2.45) is 0 Å². The Morgan fingerprint density at radius 2 is 2.18 bits per heavy atom. The van der Waals surface area contributed by atoms with Gasteiger partial charge in [0.05, 0.1) is 6.54 Å². The summed E-state index contributed by atoms with van der Waals surface area (Å²) in [7, 11) is 1.79. The highest BCUT2D eigenvalue weighted by atomic mass is 16.5. The number of fused-ring (bicyclic) bond motifs is 1. The molecule has 2 aliphatic rings. The van der Waals surface area contributed by atoms with Crippen molar-refractivity contribution in [3.8, 4) is 5.75 Å². The summed E-state index contributed by atoms with van der Waals surface area (Å²) in [6.07, 6.45) is 4.38. The first kappa shape index (κ1) is 13.4. The molecule has 1 fully saturated rings. The van der Waals surface area contributed by atoms with Gasteiger partial charge >= 0.3 is 0 Å². The first-order valence-corrected chi connectivity index (χ1v) is 7.66. The molecule has 22 heavy (non-hydrogen) atoms. The van der Waals surface area contributed by atoms with E-state index in [9.17, 15) is 4.79 Å². The molecule has 0 bridgehead atoms. The number of aromatic nitrogens is 1. The predicted octanol–water partition coefficient (Wildman–Crippen LogP) is 2.63. The summed E-state index contributed by atoms with van der Waals surface area (Å²) < 4.78 is 11.3. The predicted molar refractivity (Wildman–Crippen MR) is 80.0 cm³/mol. The zero-order chi connectivity index (χ0) is 15.1. The second-order valence-electron chi connectivity index (χ2n) is 6.08. The number of likely N-dealkylation sites (N-methyl/N-ethyl adjacent to an activating group) is 1. The fraction of sp³-hybridized carbons (Fsp3) is 0.412. The third-order valence-electron chi connectivity index (χ3n) is 4.28. The topological polar surface area (TPSA) is 55.6 Å². The van der Waals surface area contributed by atoms with Crippen LogP contribution in [0.1, 0.15) is 40.6 Å². The lowest BCUT2D eigenvalue weighted by atomic mass is 10.1. The molecule has 1 aliphatic carbocycles. The molecule has 1 amide bonds. The molecule has 1 aromatic carbocycles. The summed E-state index contributed by atoms with van der Waals surface area (Å²) in [6.45, 7) is 0.546. The fourth-order valence-electron chi connectivity index (χ4n) is 2.98. The smallest absolute Gasteiger partial charge is 0.275 e. The van der Waals surface area contributed by atoms with Crippen LogP contribution in [0, 0.1) is 0 Å². The molecule has 2 heterocycles. The number of hydrogen-bond acceptors (Lipinski definition) is 4. The van der Waals surface area contributed by atoms with E-state index in [2.05, 4.69) is 11.1 Å². The highest BCUT2D eigenvalue weighted by Crippen LogP contribution is 2.41. The number of hydrogen-bond donors (Lipinski definition) is 0. The molecule has 2 aromatic rings. The maximum absolute atomic E-state index is 12.6. The Hall–Kier alpha value is -2.30. The van der Waals surface area contributed by atoms with Crippen molar-refractivity contribution in [1.29, 1.82) is 0 Å². The quantitative estimate of drug-likeness (QED) is 0.870. The molecule has 4 rings (SSSR count). The van der Waals surface area contributed by atoms with E-state index in [1.165, 1.54) is 12.0 Å². The minimum atomic E-state index is -0.0878. The van der Waals surface area contributed by atoms with Gasteiger partial charge in [0.15, 0.2) is 12.1 Å². The summed E-state index contributed by atoms with van der Waals surface area (Å²) >= 11 is 0. The van der Waals surface area contributed by atoms with Crippen molar-refractivity contribution in [2.45, 2.75) is 31.3 Å². The van der Waals surface area contributed by atoms with Crippen LogP contribution >= 0.6 is 0 Å². The normalized spacial score (nSPS) is 19.6. The first-order valence-electron chi connectivity index (χ1n) is 7.66. The summed E-state index contributed by atoms with van der Waals surface area (Å²) in [5.74, 6) is 1.96. The number of carbonyl (C=O) groups excluding carboxylic acids is 1. The van der Waals surface area contributed by atoms with Crippen LogP contribution in [-0.2, 0) is 6.42 Å². The summed E-state index contributed by atoms with van der Waals surface area (Å²) in [5.41, 5.74) is 1.66. The fourth-order valence-corrected chi connectivity index (χ4v) is 2.98. The first-order chi connectivity index (χ1) is 10.7. The molecule has 1 aromatic heterocycles. The molecule has 5 heteroatoms. The lowest BCUT2D eigenvalue weighted by Gasteiger charge is -2.20. The van der Waals surface area contributed by atoms with E-state index in [0.717, 1.165) is 30.8 Å². The van der Waals surface area contributed by atoms with Crippen LogP contribution in [0.15, 0.2) is 35.1 Å². The lowest BCUT2D eigenvalue weighted by Crippen LogP contribution is -2.36. The lowest BCUT2D eigenvalue weighted by molar-refractivity contribution is 0.0723. The molecular formula is C17H18N2O3. The van der Waals surface area contributed by atoms with E-state index in [4.69, 9.17) is 9.15 Å². The van der Waals surface area contributed by atoms with Crippen LogP contribution in [0.4, 0.5) is 0 Å². The number of para-hydroxylation sites is 1. The van der Waals surface area contributed by atoms with Crippen molar-refractivity contribution >= 4 is 5.91 Å². The van der Waals surface area contributed by atoms with Gasteiger partial charge in [-0.15, -0.1) is 0 Å². The van der Waals surface area contributed by atoms with Gasteiger partial charge in [-0.2, -0.15) is 0 Å². The highest BCUT2D eigenvalue weighted by molar-refractivity contribution is 5.93. The number of amides is 1. The Morgan fingerprint density at radius 3 is 2.95 bits per heavy atom. The SMILES string of the molecule is CN(C[C@@H]1Cc2ccccc2O1)C(=O)c1ncoc1C1CC1. The number of nitrogens with zero attached hydrogens (tertiary/aromatic N) is 2. The van der Waals surface area contributed by atoms with Crippen molar-refractivity contribution in [3.63, 3.8) is 0 Å². The number of oxazole rings is 1. The third-order valence-corrected chi connectivity index (χ3v) is 4.28. The maximum atomic E-state index is 12.6. The van der Waals surface area contributed by atoms with E-state index >= 15 is 0 Å². The monoisotopic (exact) mass is 298 g/mol. The Bertz CT molecular complexity index is 680. The Morgan fingerprint density at radius 1 is 1.36 bits per heavy atom. The second kappa shape index (κ2) is 5.16. The van der Waals surface area contributed by atoms with Crippen molar-refractivity contribution in [2.75, 3.05) is 13.6 Å². The molecule has 5 nitrogen and oxygen atoms in total. The van der Waals surface area contributed by atoms with Crippen molar-refractivity contribution in [3.05, 3.63) is 47.7 Å². The molecular weight excluding hydrogens is 280 g/mol. The van der Waals surface area contributed by atoms with Gasteiger partial charge in [-0.3, -0.25) is 4.79 Å². The summed E-state index contributed by atoms with van der Waals surface area (Å²) in [6, 6.07) is 8.02. The van der Waals surface area contributed by atoms with Crippen molar-refractivity contribution in [1.82, 2.24) is 9.88 Å². The summed E-state index contributed by atoms with van der Waals surface area (Å²) in [5, 5.41) is 0. The number of rotatable bonds is 4. The molecule has 0 N–H and O–H groups in total. The van der Waals surface area contributed by atoms with Gasteiger partial charge in [-0.05, 0) is 24.5 Å².